The summed E-state index contributed by atoms with van der Waals surface area (Å²) in [6.45, 7) is 2.32. The van der Waals surface area contributed by atoms with Crippen LogP contribution in [-0.4, -0.2) is 47.6 Å². The quantitative estimate of drug-likeness (QED) is 0.751. The molecule has 0 aromatic rings. The Bertz CT molecular complexity index is 300. The molecule has 96 valence electrons. The minimum atomic E-state index is -0.761. The molecule has 2 unspecified atom stereocenters. The summed E-state index contributed by atoms with van der Waals surface area (Å²) in [6, 6.07) is -0.0291. The lowest BCUT2D eigenvalue weighted by molar-refractivity contribution is -0.141. The van der Waals surface area contributed by atoms with Gasteiger partial charge < -0.3 is 15.3 Å². The van der Waals surface area contributed by atoms with Gasteiger partial charge in [0.2, 0.25) is 5.91 Å². The summed E-state index contributed by atoms with van der Waals surface area (Å²) in [4.78, 5) is 24.7. The van der Waals surface area contributed by atoms with Gasteiger partial charge in [0.15, 0.2) is 0 Å². The van der Waals surface area contributed by atoms with Crippen LogP contribution in [0.15, 0.2) is 0 Å². The second-order valence-corrected chi connectivity index (χ2v) is 5.04. The van der Waals surface area contributed by atoms with Crippen molar-refractivity contribution in [1.82, 2.24) is 10.2 Å². The molecule has 2 fully saturated rings. The van der Waals surface area contributed by atoms with Crippen molar-refractivity contribution in [3.8, 4) is 0 Å². The van der Waals surface area contributed by atoms with Gasteiger partial charge in [-0.2, -0.15) is 0 Å². The van der Waals surface area contributed by atoms with E-state index in [1.54, 1.807) is 0 Å². The van der Waals surface area contributed by atoms with Crippen molar-refractivity contribution < 1.29 is 14.7 Å². The highest BCUT2D eigenvalue weighted by Crippen LogP contribution is 2.21. The van der Waals surface area contributed by atoms with Gasteiger partial charge in [0.25, 0.3) is 0 Å². The first-order valence-electron chi connectivity index (χ1n) is 6.41. The molecule has 2 aliphatic heterocycles. The topological polar surface area (TPSA) is 69.6 Å². The number of hydrogen-bond donors (Lipinski definition) is 2. The lowest BCUT2D eigenvalue weighted by Gasteiger charge is -2.33. The van der Waals surface area contributed by atoms with Crippen molar-refractivity contribution in [2.45, 2.75) is 38.1 Å². The van der Waals surface area contributed by atoms with Crippen LogP contribution in [0.2, 0.25) is 0 Å². The van der Waals surface area contributed by atoms with E-state index in [1.165, 1.54) is 0 Å². The van der Waals surface area contributed by atoms with Crippen molar-refractivity contribution in [1.29, 1.82) is 0 Å². The highest BCUT2D eigenvalue weighted by atomic mass is 16.4. The number of nitrogens with one attached hydrogen (secondary N) is 1. The number of nitrogens with zero attached hydrogens (tertiary/aromatic N) is 1. The molecule has 5 heteroatoms. The maximum absolute atomic E-state index is 12.1. The van der Waals surface area contributed by atoms with E-state index in [-0.39, 0.29) is 24.3 Å². The number of carbonyl (C=O) groups is 2. The number of rotatable bonds is 3. The third-order valence-electron chi connectivity index (χ3n) is 3.65. The average Bonchev–Trinajstić information content (AvgIpc) is 2.81. The van der Waals surface area contributed by atoms with Crippen molar-refractivity contribution in [2.75, 3.05) is 19.6 Å². The van der Waals surface area contributed by atoms with Crippen LogP contribution in [0.1, 0.15) is 32.1 Å². The Hall–Kier alpha value is -1.10. The minimum absolute atomic E-state index is 0.0291. The number of hydrogen-bond acceptors (Lipinski definition) is 3. The van der Waals surface area contributed by atoms with E-state index in [0.717, 1.165) is 38.8 Å². The van der Waals surface area contributed by atoms with Gasteiger partial charge in [-0.1, -0.05) is 0 Å². The van der Waals surface area contributed by atoms with Crippen LogP contribution in [0, 0.1) is 5.92 Å². The predicted octanol–water partition coefficient (Wildman–Crippen LogP) is 0.452. The number of carboxylic acid groups (broad SMARTS) is 1. The van der Waals surface area contributed by atoms with E-state index in [4.69, 9.17) is 5.11 Å². The molecule has 2 saturated heterocycles. The third kappa shape index (κ3) is 3.19. The van der Waals surface area contributed by atoms with Crippen molar-refractivity contribution in [3.63, 3.8) is 0 Å². The minimum Gasteiger partial charge on any atom is -0.481 e. The summed E-state index contributed by atoms with van der Waals surface area (Å²) in [5.74, 6) is -0.465. The van der Waals surface area contributed by atoms with Gasteiger partial charge in [0.1, 0.15) is 0 Å². The van der Waals surface area contributed by atoms with Crippen molar-refractivity contribution in [3.05, 3.63) is 0 Å². The van der Waals surface area contributed by atoms with E-state index < -0.39 is 5.97 Å². The first kappa shape index (κ1) is 12.4. The molecule has 0 aromatic carbocycles. The van der Waals surface area contributed by atoms with Crippen molar-refractivity contribution >= 4 is 11.9 Å². The smallest absolute Gasteiger partial charge is 0.303 e. The lowest BCUT2D eigenvalue weighted by atomic mass is 9.94. The number of carboxylic acids is 1. The molecule has 0 aromatic heterocycles. The zero-order valence-corrected chi connectivity index (χ0v) is 10.0. The summed E-state index contributed by atoms with van der Waals surface area (Å²) in [7, 11) is 0. The highest BCUT2D eigenvalue weighted by Gasteiger charge is 2.30. The second-order valence-electron chi connectivity index (χ2n) is 5.04. The molecule has 0 saturated carbocycles. The number of piperidine rings is 1. The second kappa shape index (κ2) is 5.49. The van der Waals surface area contributed by atoms with Crippen LogP contribution < -0.4 is 5.32 Å². The summed E-state index contributed by atoms with van der Waals surface area (Å²) in [5, 5.41) is 12.0. The molecule has 0 radical (unpaired) electrons. The summed E-state index contributed by atoms with van der Waals surface area (Å²) in [6.07, 6.45) is 4.01. The van der Waals surface area contributed by atoms with E-state index in [0.29, 0.717) is 6.54 Å². The monoisotopic (exact) mass is 240 g/mol. The van der Waals surface area contributed by atoms with Gasteiger partial charge in [-0.3, -0.25) is 9.59 Å². The van der Waals surface area contributed by atoms with Crippen LogP contribution in [0.25, 0.3) is 0 Å². The standard InChI is InChI=1S/C12H20N2O3/c15-11(16)7-9-3-2-6-14(8-9)12(17)10-4-1-5-13-10/h9-10,13H,1-8H2,(H,15,16). The maximum atomic E-state index is 12.1. The molecule has 2 N–H and O–H groups in total. The maximum Gasteiger partial charge on any atom is 0.303 e. The molecule has 0 aliphatic carbocycles. The van der Waals surface area contributed by atoms with Gasteiger partial charge in [0, 0.05) is 19.5 Å². The predicted molar refractivity (Wildman–Crippen MR) is 62.6 cm³/mol. The Morgan fingerprint density at radius 3 is 2.76 bits per heavy atom. The number of likely N-dealkylation sites (tertiary alicyclic amines) is 1. The number of amides is 1. The van der Waals surface area contributed by atoms with E-state index >= 15 is 0 Å². The van der Waals surface area contributed by atoms with Gasteiger partial charge >= 0.3 is 5.97 Å². The Balaban J connectivity index is 1.87. The molecule has 2 rings (SSSR count). The Morgan fingerprint density at radius 2 is 2.12 bits per heavy atom. The van der Waals surface area contributed by atoms with Crippen LogP contribution >= 0.6 is 0 Å². The third-order valence-corrected chi connectivity index (χ3v) is 3.65. The summed E-state index contributed by atoms with van der Waals surface area (Å²) in [5.41, 5.74) is 0. The fraction of sp³-hybridized carbons (Fsp3) is 0.833. The van der Waals surface area contributed by atoms with Gasteiger partial charge in [-0.25, -0.2) is 0 Å². The number of carbonyl (C=O) groups excluding carboxylic acids is 1. The molecule has 0 bridgehead atoms. The van der Waals surface area contributed by atoms with Gasteiger partial charge in [-0.05, 0) is 38.1 Å². The SMILES string of the molecule is O=C(O)CC1CCCN(C(=O)C2CCCN2)C1. The summed E-state index contributed by atoms with van der Waals surface area (Å²) >= 11 is 0. The normalized spacial score (nSPS) is 29.3. The van der Waals surface area contributed by atoms with Crippen LogP contribution in [-0.2, 0) is 9.59 Å². The first-order valence-corrected chi connectivity index (χ1v) is 6.41. The average molecular weight is 240 g/mol. The Labute approximate surface area is 101 Å². The molecular formula is C12H20N2O3. The first-order chi connectivity index (χ1) is 8.16. The largest absolute Gasteiger partial charge is 0.481 e. The van der Waals surface area contributed by atoms with Crippen LogP contribution in [0.4, 0.5) is 0 Å². The highest BCUT2D eigenvalue weighted by molar-refractivity contribution is 5.82. The fourth-order valence-corrected chi connectivity index (χ4v) is 2.79. The molecule has 0 spiro atoms. The molecule has 5 nitrogen and oxygen atoms in total. The zero-order chi connectivity index (χ0) is 12.3. The Kier molecular flexibility index (Phi) is 3.99. The molecule has 2 aliphatic rings. The van der Waals surface area contributed by atoms with E-state index in [9.17, 15) is 9.59 Å². The zero-order valence-electron chi connectivity index (χ0n) is 10.0. The van der Waals surface area contributed by atoms with Gasteiger partial charge in [-0.15, -0.1) is 0 Å². The molecule has 2 atom stereocenters. The van der Waals surface area contributed by atoms with E-state index in [2.05, 4.69) is 5.32 Å². The van der Waals surface area contributed by atoms with Crippen LogP contribution in [0.5, 0.6) is 0 Å². The molecular weight excluding hydrogens is 220 g/mol. The van der Waals surface area contributed by atoms with Gasteiger partial charge in [0.05, 0.1) is 6.04 Å². The molecule has 17 heavy (non-hydrogen) atoms. The molecule has 1 amide bonds. The van der Waals surface area contributed by atoms with Crippen molar-refractivity contribution in [2.24, 2.45) is 5.92 Å². The molecule has 2 heterocycles. The fourth-order valence-electron chi connectivity index (χ4n) is 2.79. The Morgan fingerprint density at radius 1 is 1.29 bits per heavy atom. The summed E-state index contributed by atoms with van der Waals surface area (Å²) < 4.78 is 0. The van der Waals surface area contributed by atoms with Crippen LogP contribution in [0.3, 0.4) is 0 Å². The lowest BCUT2D eigenvalue weighted by Crippen LogP contribution is -2.48. The van der Waals surface area contributed by atoms with E-state index in [1.807, 2.05) is 4.90 Å². The number of aliphatic carboxylic acids is 1.